The lowest BCUT2D eigenvalue weighted by molar-refractivity contribution is -0.143. The van der Waals surface area contributed by atoms with Crippen LogP contribution in [0, 0.1) is 0 Å². The van der Waals surface area contributed by atoms with Gasteiger partial charge in [-0.2, -0.15) is 4.98 Å². The summed E-state index contributed by atoms with van der Waals surface area (Å²) in [5.41, 5.74) is 0.871. The summed E-state index contributed by atoms with van der Waals surface area (Å²) in [5, 5.41) is 13.0. The third-order valence-electron chi connectivity index (χ3n) is 3.09. The first kappa shape index (κ1) is 14.2. The van der Waals surface area contributed by atoms with Crippen LogP contribution in [0.3, 0.4) is 0 Å². The highest BCUT2D eigenvalue weighted by Gasteiger charge is 2.22. The van der Waals surface area contributed by atoms with Crippen molar-refractivity contribution in [2.24, 2.45) is 0 Å². The third-order valence-corrected chi connectivity index (χ3v) is 3.09. The van der Waals surface area contributed by atoms with Crippen molar-refractivity contribution < 1.29 is 14.4 Å². The minimum absolute atomic E-state index is 0.310. The Morgan fingerprint density at radius 2 is 2.10 bits per heavy atom. The maximum absolute atomic E-state index is 11.1. The molecule has 1 unspecified atom stereocenters. The molecule has 0 aliphatic carbocycles. The zero-order valence-electron chi connectivity index (χ0n) is 11.5. The van der Waals surface area contributed by atoms with Crippen LogP contribution in [0.1, 0.15) is 19.2 Å². The number of hydrogen-bond acceptors (Lipinski definition) is 5. The number of carboxylic acid groups (broad SMARTS) is 1. The first-order chi connectivity index (χ1) is 9.61. The molecule has 2 rings (SSSR count). The molecule has 1 aromatic carbocycles. The molecule has 106 valence electrons. The van der Waals surface area contributed by atoms with Crippen molar-refractivity contribution >= 4 is 5.97 Å². The van der Waals surface area contributed by atoms with Gasteiger partial charge in [0.15, 0.2) is 0 Å². The summed E-state index contributed by atoms with van der Waals surface area (Å²) in [5.74, 6) is 0.0706. The van der Waals surface area contributed by atoms with Gasteiger partial charge in [-0.05, 0) is 13.5 Å². The second-order valence-corrected chi connectivity index (χ2v) is 4.56. The van der Waals surface area contributed by atoms with Crippen molar-refractivity contribution in [1.82, 2.24) is 15.0 Å². The highest BCUT2D eigenvalue weighted by molar-refractivity contribution is 5.73. The standard InChI is InChI=1S/C14H17N3O3/c1-3-11(14(18)19)17(2)9-12-15-13(16-20-12)10-7-5-4-6-8-10/h4-8,11H,3,9H2,1-2H3,(H,18,19). The average Bonchev–Trinajstić information content (AvgIpc) is 2.88. The summed E-state index contributed by atoms with van der Waals surface area (Å²) in [7, 11) is 1.73. The molecule has 2 aromatic rings. The van der Waals surface area contributed by atoms with E-state index in [1.54, 1.807) is 11.9 Å². The number of likely N-dealkylation sites (N-methyl/N-ethyl adjacent to an activating group) is 1. The van der Waals surface area contributed by atoms with E-state index < -0.39 is 12.0 Å². The van der Waals surface area contributed by atoms with Gasteiger partial charge in [-0.15, -0.1) is 0 Å². The SMILES string of the molecule is CCC(C(=O)O)N(C)Cc1nc(-c2ccccc2)no1. The summed E-state index contributed by atoms with van der Waals surface area (Å²) in [6.45, 7) is 2.14. The largest absolute Gasteiger partial charge is 0.480 e. The van der Waals surface area contributed by atoms with Crippen molar-refractivity contribution in [3.8, 4) is 11.4 Å². The highest BCUT2D eigenvalue weighted by atomic mass is 16.5. The Hall–Kier alpha value is -2.21. The zero-order chi connectivity index (χ0) is 14.5. The smallest absolute Gasteiger partial charge is 0.320 e. The number of aliphatic carboxylic acids is 1. The van der Waals surface area contributed by atoms with Crippen LogP contribution < -0.4 is 0 Å². The Morgan fingerprint density at radius 3 is 2.70 bits per heavy atom. The third kappa shape index (κ3) is 3.21. The molecule has 0 aliphatic heterocycles. The number of carbonyl (C=O) groups is 1. The normalized spacial score (nSPS) is 12.6. The molecule has 0 aliphatic rings. The molecular weight excluding hydrogens is 258 g/mol. The van der Waals surface area contributed by atoms with E-state index in [0.29, 0.717) is 24.7 Å². The highest BCUT2D eigenvalue weighted by Crippen LogP contribution is 2.16. The quantitative estimate of drug-likeness (QED) is 0.869. The van der Waals surface area contributed by atoms with E-state index in [2.05, 4.69) is 10.1 Å². The van der Waals surface area contributed by atoms with Gasteiger partial charge >= 0.3 is 5.97 Å². The van der Waals surface area contributed by atoms with Gasteiger partial charge < -0.3 is 9.63 Å². The average molecular weight is 275 g/mol. The molecule has 0 bridgehead atoms. The van der Waals surface area contributed by atoms with E-state index in [1.807, 2.05) is 37.3 Å². The van der Waals surface area contributed by atoms with E-state index in [-0.39, 0.29) is 0 Å². The van der Waals surface area contributed by atoms with E-state index in [9.17, 15) is 4.79 Å². The minimum Gasteiger partial charge on any atom is -0.480 e. The van der Waals surface area contributed by atoms with Crippen LogP contribution in [-0.4, -0.2) is 39.2 Å². The molecule has 0 radical (unpaired) electrons. The van der Waals surface area contributed by atoms with Crippen molar-refractivity contribution in [3.05, 3.63) is 36.2 Å². The Kier molecular flexibility index (Phi) is 4.47. The molecule has 0 saturated heterocycles. The molecule has 20 heavy (non-hydrogen) atoms. The number of carboxylic acids is 1. The Labute approximate surface area is 117 Å². The van der Waals surface area contributed by atoms with E-state index in [4.69, 9.17) is 9.63 Å². The van der Waals surface area contributed by atoms with Gasteiger partial charge in [-0.25, -0.2) is 0 Å². The fourth-order valence-corrected chi connectivity index (χ4v) is 2.02. The summed E-state index contributed by atoms with van der Waals surface area (Å²) < 4.78 is 5.17. The van der Waals surface area contributed by atoms with Gasteiger partial charge in [-0.3, -0.25) is 9.69 Å². The van der Waals surface area contributed by atoms with Crippen LogP contribution in [0.5, 0.6) is 0 Å². The number of rotatable bonds is 6. The maximum Gasteiger partial charge on any atom is 0.320 e. The fourth-order valence-electron chi connectivity index (χ4n) is 2.02. The van der Waals surface area contributed by atoms with Crippen molar-refractivity contribution in [2.45, 2.75) is 25.9 Å². The molecule has 6 nitrogen and oxygen atoms in total. The van der Waals surface area contributed by atoms with Crippen LogP contribution in [0.25, 0.3) is 11.4 Å². The Balaban J connectivity index is 2.08. The lowest BCUT2D eigenvalue weighted by atomic mass is 10.2. The molecule has 0 saturated carbocycles. The number of nitrogens with zero attached hydrogens (tertiary/aromatic N) is 3. The number of hydrogen-bond donors (Lipinski definition) is 1. The summed E-state index contributed by atoms with van der Waals surface area (Å²) in [6, 6.07) is 8.94. The van der Waals surface area contributed by atoms with Crippen LogP contribution >= 0.6 is 0 Å². The fraction of sp³-hybridized carbons (Fsp3) is 0.357. The predicted octanol–water partition coefficient (Wildman–Crippen LogP) is 2.03. The molecule has 1 aromatic heterocycles. The Morgan fingerprint density at radius 1 is 1.40 bits per heavy atom. The number of benzene rings is 1. The maximum atomic E-state index is 11.1. The summed E-state index contributed by atoms with van der Waals surface area (Å²) in [6.07, 6.45) is 0.519. The van der Waals surface area contributed by atoms with Gasteiger partial charge in [0, 0.05) is 5.56 Å². The lowest BCUT2D eigenvalue weighted by Crippen LogP contribution is -2.37. The van der Waals surface area contributed by atoms with Crippen molar-refractivity contribution in [2.75, 3.05) is 7.05 Å². The molecule has 1 N–H and O–H groups in total. The monoisotopic (exact) mass is 275 g/mol. The molecular formula is C14H17N3O3. The molecule has 0 fully saturated rings. The molecule has 1 atom stereocenters. The second kappa shape index (κ2) is 6.29. The number of aromatic nitrogens is 2. The first-order valence-corrected chi connectivity index (χ1v) is 6.43. The predicted molar refractivity (Wildman–Crippen MR) is 72.9 cm³/mol. The summed E-state index contributed by atoms with van der Waals surface area (Å²) >= 11 is 0. The molecule has 6 heteroatoms. The molecule has 1 heterocycles. The van der Waals surface area contributed by atoms with Crippen LogP contribution in [0.15, 0.2) is 34.9 Å². The first-order valence-electron chi connectivity index (χ1n) is 6.43. The molecule has 0 amide bonds. The van der Waals surface area contributed by atoms with Crippen molar-refractivity contribution in [3.63, 3.8) is 0 Å². The van der Waals surface area contributed by atoms with Gasteiger partial charge in [0.25, 0.3) is 0 Å². The Bertz CT molecular complexity index is 568. The topological polar surface area (TPSA) is 79.5 Å². The van der Waals surface area contributed by atoms with Gasteiger partial charge in [0.2, 0.25) is 11.7 Å². The lowest BCUT2D eigenvalue weighted by Gasteiger charge is -2.21. The van der Waals surface area contributed by atoms with Crippen LogP contribution in [-0.2, 0) is 11.3 Å². The van der Waals surface area contributed by atoms with Crippen LogP contribution in [0.4, 0.5) is 0 Å². The van der Waals surface area contributed by atoms with E-state index in [0.717, 1.165) is 5.56 Å². The molecule has 0 spiro atoms. The van der Waals surface area contributed by atoms with Gasteiger partial charge in [0.05, 0.1) is 6.54 Å². The zero-order valence-corrected chi connectivity index (χ0v) is 11.5. The van der Waals surface area contributed by atoms with Gasteiger partial charge in [0.1, 0.15) is 6.04 Å². The summed E-state index contributed by atoms with van der Waals surface area (Å²) in [4.78, 5) is 17.0. The minimum atomic E-state index is -0.849. The van der Waals surface area contributed by atoms with Gasteiger partial charge in [-0.1, -0.05) is 42.4 Å². The van der Waals surface area contributed by atoms with E-state index in [1.165, 1.54) is 0 Å². The van der Waals surface area contributed by atoms with Crippen molar-refractivity contribution in [1.29, 1.82) is 0 Å². The van der Waals surface area contributed by atoms with Crippen LogP contribution in [0.2, 0.25) is 0 Å². The second-order valence-electron chi connectivity index (χ2n) is 4.56. The van der Waals surface area contributed by atoms with E-state index >= 15 is 0 Å².